The number of aliphatic hydroxyl groups is 1. The number of hydrogen-bond donors (Lipinski definition) is 2. The molecule has 1 aliphatic rings. The van der Waals surface area contributed by atoms with Crippen LogP contribution in [0.2, 0.25) is 0 Å². The van der Waals surface area contributed by atoms with E-state index in [1.54, 1.807) is 18.0 Å². The molecule has 0 saturated heterocycles. The Kier molecular flexibility index (Phi) is 10.3. The van der Waals surface area contributed by atoms with Gasteiger partial charge >= 0.3 is 0 Å². The molecule has 0 aliphatic heterocycles. The normalized spacial score (nSPS) is 20.8. The number of pyridine rings is 1. The van der Waals surface area contributed by atoms with Gasteiger partial charge in [0.15, 0.2) is 0 Å². The van der Waals surface area contributed by atoms with Crippen molar-refractivity contribution in [2.24, 2.45) is 10.9 Å². The van der Waals surface area contributed by atoms with Gasteiger partial charge in [0, 0.05) is 43.7 Å². The van der Waals surface area contributed by atoms with E-state index in [4.69, 9.17) is 11.4 Å². The Morgan fingerprint density at radius 3 is 2.76 bits per heavy atom. The molecule has 1 heterocycles. The molecule has 0 unspecified atom stereocenters. The quantitative estimate of drug-likeness (QED) is 0.134. The van der Waals surface area contributed by atoms with Crippen LogP contribution in [0.4, 0.5) is 5.82 Å². The minimum absolute atomic E-state index is 0.0543. The second-order valence-corrected chi connectivity index (χ2v) is 9.66. The second-order valence-electron chi connectivity index (χ2n) is 9.66. The minimum atomic E-state index is -0.420. The molecule has 1 aromatic carbocycles. The Hall–Kier alpha value is -3.62. The first-order valence-corrected chi connectivity index (χ1v) is 13.1. The Balaban J connectivity index is 2.09. The lowest BCUT2D eigenvalue weighted by molar-refractivity contribution is 0.0986. The average Bonchev–Trinajstić information content (AvgIpc) is 3.07. The van der Waals surface area contributed by atoms with Gasteiger partial charge in [0.2, 0.25) is 0 Å². The van der Waals surface area contributed by atoms with E-state index in [1.807, 2.05) is 37.7 Å². The number of aliphatic imine (C=N–C) groups is 1. The van der Waals surface area contributed by atoms with Crippen molar-refractivity contribution in [1.82, 2.24) is 9.88 Å². The number of anilines is 1. The van der Waals surface area contributed by atoms with Gasteiger partial charge in [0.25, 0.3) is 0 Å². The Morgan fingerprint density at radius 1 is 1.27 bits per heavy atom. The highest BCUT2D eigenvalue weighted by Gasteiger charge is 2.28. The van der Waals surface area contributed by atoms with Crippen molar-refractivity contribution in [1.29, 1.82) is 0 Å². The van der Waals surface area contributed by atoms with Gasteiger partial charge in [0.05, 0.1) is 17.8 Å². The van der Waals surface area contributed by atoms with E-state index in [0.29, 0.717) is 0 Å². The smallest absolute Gasteiger partial charge is 0.134 e. The van der Waals surface area contributed by atoms with Crippen LogP contribution in [-0.4, -0.2) is 47.4 Å². The monoisotopic (exact) mass is 496 g/mol. The molecule has 37 heavy (non-hydrogen) atoms. The van der Waals surface area contributed by atoms with E-state index in [1.165, 1.54) is 0 Å². The van der Waals surface area contributed by atoms with E-state index >= 15 is 0 Å². The predicted molar refractivity (Wildman–Crippen MR) is 158 cm³/mol. The molecular formula is C32H40N4O. The fraction of sp³-hybridized carbons (Fsp3) is 0.375. The molecular weight excluding hydrogens is 456 g/mol. The molecule has 1 aromatic heterocycles. The fourth-order valence-corrected chi connectivity index (χ4v) is 4.80. The number of allylic oxidation sites excluding steroid dienone is 4. The van der Waals surface area contributed by atoms with Crippen molar-refractivity contribution in [3.05, 3.63) is 72.5 Å². The lowest BCUT2D eigenvalue weighted by Gasteiger charge is -2.27. The van der Waals surface area contributed by atoms with Crippen molar-refractivity contribution in [2.45, 2.75) is 58.1 Å². The number of hydrogen-bond acceptors (Lipinski definition) is 5. The Bertz CT molecular complexity index is 1200. The lowest BCUT2D eigenvalue weighted by Crippen LogP contribution is -2.37. The van der Waals surface area contributed by atoms with Crippen LogP contribution < -0.4 is 5.32 Å². The zero-order valence-electron chi connectivity index (χ0n) is 22.6. The van der Waals surface area contributed by atoms with Gasteiger partial charge in [-0.15, -0.1) is 0 Å². The fourth-order valence-electron chi connectivity index (χ4n) is 4.80. The summed E-state index contributed by atoms with van der Waals surface area (Å²) < 4.78 is 0. The molecule has 0 bridgehead atoms. The van der Waals surface area contributed by atoms with Crippen LogP contribution in [0.25, 0.3) is 22.4 Å². The van der Waals surface area contributed by atoms with Crippen LogP contribution in [0.3, 0.4) is 0 Å². The topological polar surface area (TPSA) is 60.8 Å². The highest BCUT2D eigenvalue weighted by molar-refractivity contribution is 6.11. The highest BCUT2D eigenvalue weighted by Crippen LogP contribution is 2.31. The highest BCUT2D eigenvalue weighted by atomic mass is 16.3. The zero-order chi connectivity index (χ0) is 26.8. The van der Waals surface area contributed by atoms with Gasteiger partial charge in [-0.1, -0.05) is 70.0 Å². The number of aliphatic hydroxyl groups excluding tert-OH is 1. The first kappa shape index (κ1) is 28.0. The first-order valence-electron chi connectivity index (χ1n) is 13.1. The summed E-state index contributed by atoms with van der Waals surface area (Å²) in [6, 6.07) is 14.9. The van der Waals surface area contributed by atoms with Crippen molar-refractivity contribution in [3.63, 3.8) is 0 Å². The summed E-state index contributed by atoms with van der Waals surface area (Å²) in [5, 5.41) is 14.7. The number of nitrogens with one attached hydrogen (secondary N) is 1. The minimum Gasteiger partial charge on any atom is -0.391 e. The van der Waals surface area contributed by atoms with Gasteiger partial charge in [-0.25, -0.2) is 4.98 Å². The molecule has 5 heteroatoms. The SMILES string of the molecule is C#CN(C)/C=C(\C=C)c1cccc(-c2ccc(C(/C=N\C)=C/CC)c(N[C@H]3CCCC[C@@H](C)[C@@H]3O)n2)c1. The molecule has 3 atom stereocenters. The molecule has 0 radical (unpaired) electrons. The molecule has 1 saturated carbocycles. The van der Waals surface area contributed by atoms with Crippen LogP contribution >= 0.6 is 0 Å². The first-order chi connectivity index (χ1) is 17.9. The van der Waals surface area contributed by atoms with Crippen LogP contribution in [-0.2, 0) is 0 Å². The van der Waals surface area contributed by atoms with Crippen molar-refractivity contribution in [2.75, 3.05) is 19.4 Å². The van der Waals surface area contributed by atoms with E-state index in [2.05, 4.69) is 61.1 Å². The van der Waals surface area contributed by atoms with Crippen molar-refractivity contribution in [3.8, 4) is 23.7 Å². The summed E-state index contributed by atoms with van der Waals surface area (Å²) in [6.07, 6.45) is 17.9. The summed E-state index contributed by atoms with van der Waals surface area (Å²) in [7, 11) is 3.61. The maximum atomic E-state index is 11.1. The summed E-state index contributed by atoms with van der Waals surface area (Å²) >= 11 is 0. The maximum Gasteiger partial charge on any atom is 0.134 e. The van der Waals surface area contributed by atoms with Gasteiger partial charge in [0.1, 0.15) is 5.82 Å². The van der Waals surface area contributed by atoms with Gasteiger partial charge < -0.3 is 15.3 Å². The Labute approximate surface area is 222 Å². The summed E-state index contributed by atoms with van der Waals surface area (Å²) in [5.74, 6) is 1.02. The number of terminal acetylenes is 1. The maximum absolute atomic E-state index is 11.1. The van der Waals surface area contributed by atoms with Gasteiger partial charge in [-0.05, 0) is 60.1 Å². The van der Waals surface area contributed by atoms with Gasteiger partial charge in [-0.3, -0.25) is 4.99 Å². The second kappa shape index (κ2) is 13.6. The van der Waals surface area contributed by atoms with E-state index in [9.17, 15) is 5.11 Å². The van der Waals surface area contributed by atoms with Crippen LogP contribution in [0.1, 0.15) is 57.1 Å². The summed E-state index contributed by atoms with van der Waals surface area (Å²) in [4.78, 5) is 11.1. The van der Waals surface area contributed by atoms with Crippen LogP contribution in [0.5, 0.6) is 0 Å². The number of aromatic nitrogens is 1. The molecule has 3 rings (SSSR count). The van der Waals surface area contributed by atoms with Crippen LogP contribution in [0.15, 0.2) is 66.3 Å². The van der Waals surface area contributed by atoms with Gasteiger partial charge in [-0.2, -0.15) is 0 Å². The zero-order valence-corrected chi connectivity index (χ0v) is 22.6. The van der Waals surface area contributed by atoms with E-state index < -0.39 is 6.10 Å². The van der Waals surface area contributed by atoms with E-state index in [0.717, 1.165) is 71.5 Å². The van der Waals surface area contributed by atoms with Crippen molar-refractivity contribution < 1.29 is 5.11 Å². The molecule has 5 nitrogen and oxygen atoms in total. The molecule has 1 aliphatic carbocycles. The third-order valence-electron chi connectivity index (χ3n) is 6.89. The summed E-state index contributed by atoms with van der Waals surface area (Å²) in [6.45, 7) is 8.21. The lowest BCUT2D eigenvalue weighted by atomic mass is 9.96. The standard InChI is InChI=1S/C32H40N4O/c1-7-13-27(21-33-5)28-18-19-29(34-32(28)35-30-17-11-10-14-23(4)31(30)37)26-16-12-15-25(20-26)24(8-2)22-36(6)9-3/h3,8,12-13,15-16,18-23,30-31,37H,2,7,10-11,14,17H2,1,4-6H3,(H,34,35)/b24-22+,27-13+,33-21-/t23-,30+,31+/m1/s1. The third kappa shape index (κ3) is 7.21. The molecule has 2 N–H and O–H groups in total. The number of rotatable bonds is 9. The third-order valence-corrected chi connectivity index (χ3v) is 6.89. The van der Waals surface area contributed by atoms with E-state index in [-0.39, 0.29) is 12.0 Å². The largest absolute Gasteiger partial charge is 0.391 e. The molecule has 2 aromatic rings. The molecule has 0 amide bonds. The summed E-state index contributed by atoms with van der Waals surface area (Å²) in [5.41, 5.74) is 5.78. The number of benzene rings is 1. The van der Waals surface area contributed by atoms with Crippen LogP contribution in [0, 0.1) is 18.4 Å². The van der Waals surface area contributed by atoms with Crippen molar-refractivity contribution >= 4 is 23.2 Å². The molecule has 194 valence electrons. The molecule has 0 spiro atoms. The Morgan fingerprint density at radius 2 is 2.05 bits per heavy atom. The predicted octanol–water partition coefficient (Wildman–Crippen LogP) is 6.64. The molecule has 1 fully saturated rings. The average molecular weight is 497 g/mol. The number of nitrogens with zero attached hydrogens (tertiary/aromatic N) is 3.